The highest BCUT2D eigenvalue weighted by Crippen LogP contribution is 2.20. The van der Waals surface area contributed by atoms with E-state index >= 15 is 0 Å². The number of amides is 1. The summed E-state index contributed by atoms with van der Waals surface area (Å²) in [6, 6.07) is 13.5. The summed E-state index contributed by atoms with van der Waals surface area (Å²) in [6.07, 6.45) is 3.14. The van der Waals surface area contributed by atoms with E-state index in [0.717, 1.165) is 28.1 Å². The van der Waals surface area contributed by atoms with Gasteiger partial charge >= 0.3 is 0 Å². The van der Waals surface area contributed by atoms with Crippen LogP contribution in [-0.2, 0) is 4.79 Å². The van der Waals surface area contributed by atoms with E-state index in [2.05, 4.69) is 15.4 Å². The van der Waals surface area contributed by atoms with Gasteiger partial charge in [-0.25, -0.2) is 9.67 Å². The number of rotatable bonds is 6. The van der Waals surface area contributed by atoms with Crippen molar-refractivity contribution in [2.24, 2.45) is 0 Å². The van der Waals surface area contributed by atoms with Gasteiger partial charge in [0.15, 0.2) is 6.61 Å². The van der Waals surface area contributed by atoms with Crippen molar-refractivity contribution in [3.63, 3.8) is 0 Å². The second kappa shape index (κ2) is 7.82. The van der Waals surface area contributed by atoms with E-state index in [-0.39, 0.29) is 18.6 Å². The predicted molar refractivity (Wildman–Crippen MR) is 99.3 cm³/mol. The summed E-state index contributed by atoms with van der Waals surface area (Å²) < 4.78 is 7.34. The minimum Gasteiger partial charge on any atom is -0.483 e. The molecule has 26 heavy (non-hydrogen) atoms. The number of aromatic nitrogens is 3. The number of carbonyl (C=O) groups is 1. The van der Waals surface area contributed by atoms with Gasteiger partial charge in [-0.2, -0.15) is 5.10 Å². The molecule has 0 aliphatic heterocycles. The van der Waals surface area contributed by atoms with E-state index in [1.807, 2.05) is 63.2 Å². The van der Waals surface area contributed by atoms with Crippen LogP contribution in [0.15, 0.2) is 55.1 Å². The Morgan fingerprint density at radius 1 is 1.19 bits per heavy atom. The lowest BCUT2D eigenvalue weighted by Crippen LogP contribution is -2.31. The molecular weight excluding hydrogens is 328 g/mol. The summed E-state index contributed by atoms with van der Waals surface area (Å²) in [5, 5.41) is 7.05. The zero-order valence-electron chi connectivity index (χ0n) is 15.1. The van der Waals surface area contributed by atoms with E-state index in [0.29, 0.717) is 0 Å². The van der Waals surface area contributed by atoms with Crippen LogP contribution in [0.1, 0.15) is 29.7 Å². The highest BCUT2D eigenvalue weighted by Gasteiger charge is 2.11. The number of ether oxygens (including phenoxy) is 1. The first-order chi connectivity index (χ1) is 12.5. The van der Waals surface area contributed by atoms with Crippen LogP contribution in [0.25, 0.3) is 5.69 Å². The smallest absolute Gasteiger partial charge is 0.258 e. The molecule has 1 heterocycles. The largest absolute Gasteiger partial charge is 0.483 e. The van der Waals surface area contributed by atoms with Crippen LogP contribution in [0.2, 0.25) is 0 Å². The summed E-state index contributed by atoms with van der Waals surface area (Å²) in [5.41, 5.74) is 4.12. The van der Waals surface area contributed by atoms with Crippen molar-refractivity contribution >= 4 is 5.91 Å². The van der Waals surface area contributed by atoms with Crippen LogP contribution in [0, 0.1) is 13.8 Å². The van der Waals surface area contributed by atoms with Crippen molar-refractivity contribution in [2.75, 3.05) is 6.61 Å². The molecule has 0 bridgehead atoms. The quantitative estimate of drug-likeness (QED) is 0.741. The molecular formula is C20H22N4O2. The van der Waals surface area contributed by atoms with Crippen molar-refractivity contribution in [1.82, 2.24) is 20.1 Å². The Labute approximate surface area is 152 Å². The fourth-order valence-electron chi connectivity index (χ4n) is 2.65. The first kappa shape index (κ1) is 17.7. The fraction of sp³-hybridized carbons (Fsp3) is 0.250. The second-order valence-corrected chi connectivity index (χ2v) is 6.21. The third-order valence-electron chi connectivity index (χ3n) is 4.37. The second-order valence-electron chi connectivity index (χ2n) is 6.21. The maximum Gasteiger partial charge on any atom is 0.258 e. The van der Waals surface area contributed by atoms with Crippen LogP contribution < -0.4 is 10.1 Å². The number of benzene rings is 2. The van der Waals surface area contributed by atoms with Gasteiger partial charge in [0.05, 0.1) is 11.7 Å². The SMILES string of the molecule is Cc1cccc(OCC(=O)N[C@H](C)c2ccc(-n3cncn3)cc2)c1C. The molecule has 0 saturated carbocycles. The van der Waals surface area contributed by atoms with Crippen molar-refractivity contribution in [1.29, 1.82) is 0 Å². The van der Waals surface area contributed by atoms with Gasteiger partial charge in [0.1, 0.15) is 18.4 Å². The molecule has 3 aromatic rings. The van der Waals surface area contributed by atoms with E-state index in [4.69, 9.17) is 4.74 Å². The monoisotopic (exact) mass is 350 g/mol. The Morgan fingerprint density at radius 2 is 1.96 bits per heavy atom. The Balaban J connectivity index is 1.56. The van der Waals surface area contributed by atoms with Gasteiger partial charge in [0.2, 0.25) is 0 Å². The fourth-order valence-corrected chi connectivity index (χ4v) is 2.65. The van der Waals surface area contributed by atoms with E-state index in [1.54, 1.807) is 11.0 Å². The Kier molecular flexibility index (Phi) is 5.31. The third-order valence-corrected chi connectivity index (χ3v) is 4.37. The lowest BCUT2D eigenvalue weighted by atomic mass is 10.1. The van der Waals surface area contributed by atoms with Crippen LogP contribution in [0.4, 0.5) is 0 Å². The molecule has 0 spiro atoms. The van der Waals surface area contributed by atoms with Gasteiger partial charge in [-0.3, -0.25) is 4.79 Å². The minimum absolute atomic E-state index is 0.00826. The number of carbonyl (C=O) groups excluding carboxylic acids is 1. The number of nitrogens with one attached hydrogen (secondary N) is 1. The van der Waals surface area contributed by atoms with Gasteiger partial charge in [-0.15, -0.1) is 0 Å². The van der Waals surface area contributed by atoms with Crippen LogP contribution in [0.3, 0.4) is 0 Å². The summed E-state index contributed by atoms with van der Waals surface area (Å²) in [6.45, 7) is 5.95. The average molecular weight is 350 g/mol. The van der Waals surface area contributed by atoms with E-state index in [9.17, 15) is 4.79 Å². The van der Waals surface area contributed by atoms with Crippen molar-refractivity contribution in [3.8, 4) is 11.4 Å². The number of hydrogen-bond acceptors (Lipinski definition) is 4. The van der Waals surface area contributed by atoms with Crippen molar-refractivity contribution < 1.29 is 9.53 Å². The molecule has 3 rings (SSSR count). The van der Waals surface area contributed by atoms with Gasteiger partial charge in [-0.1, -0.05) is 24.3 Å². The first-order valence-electron chi connectivity index (χ1n) is 8.48. The van der Waals surface area contributed by atoms with Gasteiger partial charge < -0.3 is 10.1 Å². The summed E-state index contributed by atoms with van der Waals surface area (Å²) >= 11 is 0. The summed E-state index contributed by atoms with van der Waals surface area (Å²) in [5.74, 6) is 0.587. The molecule has 2 aromatic carbocycles. The topological polar surface area (TPSA) is 69.0 Å². The van der Waals surface area contributed by atoms with Gasteiger partial charge in [-0.05, 0) is 55.7 Å². The summed E-state index contributed by atoms with van der Waals surface area (Å²) in [4.78, 5) is 16.1. The third kappa shape index (κ3) is 4.08. The summed E-state index contributed by atoms with van der Waals surface area (Å²) in [7, 11) is 0. The molecule has 0 fully saturated rings. The minimum atomic E-state index is -0.154. The number of hydrogen-bond donors (Lipinski definition) is 1. The van der Waals surface area contributed by atoms with Crippen LogP contribution in [0.5, 0.6) is 5.75 Å². The molecule has 1 amide bonds. The van der Waals surface area contributed by atoms with Gasteiger partial charge in [0, 0.05) is 0 Å². The Bertz CT molecular complexity index is 873. The number of nitrogens with zero attached hydrogens (tertiary/aromatic N) is 3. The van der Waals surface area contributed by atoms with Crippen LogP contribution in [-0.4, -0.2) is 27.3 Å². The molecule has 6 heteroatoms. The first-order valence-corrected chi connectivity index (χ1v) is 8.48. The molecule has 1 atom stereocenters. The van der Waals surface area contributed by atoms with Crippen molar-refractivity contribution in [2.45, 2.75) is 26.8 Å². The Morgan fingerprint density at radius 3 is 2.65 bits per heavy atom. The Hall–Kier alpha value is -3.15. The molecule has 6 nitrogen and oxygen atoms in total. The lowest BCUT2D eigenvalue weighted by Gasteiger charge is -2.16. The standard InChI is InChI=1S/C20H22N4O2/c1-14-5-4-6-19(15(14)2)26-11-20(25)23-16(3)17-7-9-18(10-8-17)24-13-21-12-22-24/h4-10,12-13,16H,11H2,1-3H3,(H,23,25)/t16-/m1/s1. The average Bonchev–Trinajstić information content (AvgIpc) is 3.18. The maximum absolute atomic E-state index is 12.2. The zero-order chi connectivity index (χ0) is 18.5. The van der Waals surface area contributed by atoms with Crippen LogP contribution >= 0.6 is 0 Å². The van der Waals surface area contributed by atoms with Gasteiger partial charge in [0.25, 0.3) is 5.91 Å². The molecule has 0 saturated heterocycles. The zero-order valence-corrected chi connectivity index (χ0v) is 15.1. The van der Waals surface area contributed by atoms with E-state index < -0.39 is 0 Å². The molecule has 0 unspecified atom stereocenters. The van der Waals surface area contributed by atoms with Crippen molar-refractivity contribution in [3.05, 3.63) is 71.8 Å². The molecule has 1 N–H and O–H groups in total. The molecule has 0 aliphatic carbocycles. The predicted octanol–water partition coefficient (Wildman–Crippen LogP) is 3.14. The molecule has 134 valence electrons. The molecule has 0 aliphatic rings. The highest BCUT2D eigenvalue weighted by atomic mass is 16.5. The lowest BCUT2D eigenvalue weighted by molar-refractivity contribution is -0.123. The van der Waals surface area contributed by atoms with E-state index in [1.165, 1.54) is 6.33 Å². The number of aryl methyl sites for hydroxylation is 1. The maximum atomic E-state index is 12.2. The molecule has 1 aromatic heterocycles. The molecule has 0 radical (unpaired) electrons. The highest BCUT2D eigenvalue weighted by molar-refractivity contribution is 5.78. The normalized spacial score (nSPS) is 11.8.